The number of unbranched alkanes of at least 4 members (excludes halogenated alkanes) is 2. The smallest absolute Gasteiger partial charge is 0.0720 e. The number of nitrogens with zero attached hydrogens (tertiary/aromatic N) is 1. The van der Waals surface area contributed by atoms with E-state index in [2.05, 4.69) is 42.2 Å². The highest BCUT2D eigenvalue weighted by molar-refractivity contribution is 5.13. The van der Waals surface area contributed by atoms with Gasteiger partial charge in [0.25, 0.3) is 0 Å². The van der Waals surface area contributed by atoms with E-state index in [1.807, 2.05) is 0 Å². The van der Waals surface area contributed by atoms with E-state index < -0.39 is 0 Å². The van der Waals surface area contributed by atoms with Crippen molar-refractivity contribution in [1.82, 2.24) is 4.90 Å². The molecule has 0 atom stereocenters. The minimum atomic E-state index is 0.461. The summed E-state index contributed by atoms with van der Waals surface area (Å²) in [7, 11) is 0. The first-order valence-electron chi connectivity index (χ1n) is 7.76. The van der Waals surface area contributed by atoms with Crippen molar-refractivity contribution in [3.8, 4) is 0 Å². The van der Waals surface area contributed by atoms with Crippen LogP contribution >= 0.6 is 0 Å². The molecule has 1 heterocycles. The summed E-state index contributed by atoms with van der Waals surface area (Å²) in [5.74, 6) is 0. The lowest BCUT2D eigenvalue weighted by Crippen LogP contribution is -2.37. The Hall–Kier alpha value is -0.860. The predicted molar refractivity (Wildman–Crippen MR) is 80.2 cm³/mol. The van der Waals surface area contributed by atoms with Gasteiger partial charge in [-0.1, -0.05) is 50.1 Å². The van der Waals surface area contributed by atoms with Gasteiger partial charge in [0.1, 0.15) is 0 Å². The first kappa shape index (κ1) is 14.5. The third kappa shape index (κ3) is 5.33. The average molecular weight is 261 g/mol. The summed E-state index contributed by atoms with van der Waals surface area (Å²) in [5, 5.41) is 0. The fourth-order valence-corrected chi connectivity index (χ4v) is 2.67. The zero-order chi connectivity index (χ0) is 13.3. The Morgan fingerprint density at radius 3 is 2.53 bits per heavy atom. The maximum atomic E-state index is 6.02. The maximum absolute atomic E-state index is 6.02. The van der Waals surface area contributed by atoms with Gasteiger partial charge in [-0.05, 0) is 31.4 Å². The third-order valence-corrected chi connectivity index (χ3v) is 3.94. The molecule has 0 aliphatic carbocycles. The monoisotopic (exact) mass is 261 g/mol. The van der Waals surface area contributed by atoms with Crippen LogP contribution in [0.3, 0.4) is 0 Å². The van der Waals surface area contributed by atoms with Gasteiger partial charge in [0.2, 0.25) is 0 Å². The van der Waals surface area contributed by atoms with Crippen LogP contribution in [0.1, 0.15) is 44.6 Å². The molecule has 2 rings (SSSR count). The first-order chi connectivity index (χ1) is 9.38. The van der Waals surface area contributed by atoms with E-state index in [9.17, 15) is 0 Å². The van der Waals surface area contributed by atoms with Gasteiger partial charge >= 0.3 is 0 Å². The molecular formula is C17H27NO. The number of piperidine rings is 1. The van der Waals surface area contributed by atoms with Gasteiger partial charge in [0, 0.05) is 13.1 Å². The molecule has 1 aliphatic rings. The van der Waals surface area contributed by atoms with Crippen molar-refractivity contribution in [3.05, 3.63) is 35.9 Å². The van der Waals surface area contributed by atoms with Gasteiger partial charge in [0.05, 0.1) is 12.7 Å². The van der Waals surface area contributed by atoms with Gasteiger partial charge in [-0.3, -0.25) is 0 Å². The van der Waals surface area contributed by atoms with Crippen molar-refractivity contribution in [2.75, 3.05) is 19.6 Å². The minimum absolute atomic E-state index is 0.461. The second kappa shape index (κ2) is 8.34. The molecule has 0 N–H and O–H groups in total. The van der Waals surface area contributed by atoms with Crippen LogP contribution in [0.2, 0.25) is 0 Å². The molecule has 0 bridgehead atoms. The Kier molecular flexibility index (Phi) is 6.38. The molecule has 0 radical (unpaired) electrons. The standard InChI is InChI=1S/C17H27NO/c1-2-3-7-12-18-13-10-17(11-14-18)19-15-16-8-5-4-6-9-16/h4-6,8-9,17H,2-3,7,10-15H2,1H3. The highest BCUT2D eigenvalue weighted by Gasteiger charge is 2.18. The Balaban J connectivity index is 1.61. The summed E-state index contributed by atoms with van der Waals surface area (Å²) in [4.78, 5) is 2.60. The van der Waals surface area contributed by atoms with Gasteiger partial charge in [0.15, 0.2) is 0 Å². The van der Waals surface area contributed by atoms with E-state index in [1.54, 1.807) is 0 Å². The second-order valence-corrected chi connectivity index (χ2v) is 5.54. The van der Waals surface area contributed by atoms with E-state index >= 15 is 0 Å². The second-order valence-electron chi connectivity index (χ2n) is 5.54. The molecule has 0 aromatic heterocycles. The quantitative estimate of drug-likeness (QED) is 0.691. The van der Waals surface area contributed by atoms with Gasteiger partial charge in [-0.15, -0.1) is 0 Å². The van der Waals surface area contributed by atoms with Crippen LogP contribution in [0.5, 0.6) is 0 Å². The molecule has 1 fully saturated rings. The molecule has 1 aromatic carbocycles. The van der Waals surface area contributed by atoms with Gasteiger partial charge < -0.3 is 9.64 Å². The molecule has 1 aliphatic heterocycles. The summed E-state index contributed by atoms with van der Waals surface area (Å²) in [6.07, 6.45) is 6.88. The van der Waals surface area contributed by atoms with Crippen LogP contribution in [0.25, 0.3) is 0 Å². The number of hydrogen-bond acceptors (Lipinski definition) is 2. The predicted octanol–water partition coefficient (Wildman–Crippen LogP) is 3.86. The van der Waals surface area contributed by atoms with Crippen molar-refractivity contribution < 1.29 is 4.74 Å². The Labute approximate surface area is 117 Å². The van der Waals surface area contributed by atoms with Crippen molar-refractivity contribution >= 4 is 0 Å². The molecule has 0 spiro atoms. The molecule has 0 amide bonds. The van der Waals surface area contributed by atoms with Crippen LogP contribution < -0.4 is 0 Å². The van der Waals surface area contributed by atoms with Gasteiger partial charge in [-0.25, -0.2) is 0 Å². The third-order valence-electron chi connectivity index (χ3n) is 3.94. The number of hydrogen-bond donors (Lipinski definition) is 0. The van der Waals surface area contributed by atoms with E-state index in [0.717, 1.165) is 6.61 Å². The lowest BCUT2D eigenvalue weighted by atomic mass is 10.1. The number of likely N-dealkylation sites (tertiary alicyclic amines) is 1. The molecule has 1 aromatic rings. The zero-order valence-electron chi connectivity index (χ0n) is 12.2. The van der Waals surface area contributed by atoms with Crippen molar-refractivity contribution in [2.24, 2.45) is 0 Å². The fourth-order valence-electron chi connectivity index (χ4n) is 2.67. The zero-order valence-corrected chi connectivity index (χ0v) is 12.2. The lowest BCUT2D eigenvalue weighted by molar-refractivity contribution is -0.00263. The highest BCUT2D eigenvalue weighted by Crippen LogP contribution is 2.16. The van der Waals surface area contributed by atoms with Gasteiger partial charge in [-0.2, -0.15) is 0 Å². The molecule has 0 unspecified atom stereocenters. The topological polar surface area (TPSA) is 12.5 Å². The van der Waals surface area contributed by atoms with E-state index in [1.165, 1.54) is 57.3 Å². The van der Waals surface area contributed by atoms with E-state index in [-0.39, 0.29) is 0 Å². The fraction of sp³-hybridized carbons (Fsp3) is 0.647. The number of ether oxygens (including phenoxy) is 1. The molecular weight excluding hydrogens is 234 g/mol. The summed E-state index contributed by atoms with van der Waals surface area (Å²) in [6, 6.07) is 10.5. The molecule has 0 saturated carbocycles. The van der Waals surface area contributed by atoms with Crippen LogP contribution in [0.15, 0.2) is 30.3 Å². The number of rotatable bonds is 7. The van der Waals surface area contributed by atoms with Crippen molar-refractivity contribution in [2.45, 2.75) is 51.7 Å². The van der Waals surface area contributed by atoms with E-state index in [0.29, 0.717) is 6.10 Å². The van der Waals surface area contributed by atoms with Crippen LogP contribution in [-0.2, 0) is 11.3 Å². The summed E-state index contributed by atoms with van der Waals surface area (Å²) >= 11 is 0. The Morgan fingerprint density at radius 1 is 1.11 bits per heavy atom. The SMILES string of the molecule is CCCCCN1CCC(OCc2ccccc2)CC1. The van der Waals surface area contributed by atoms with Crippen LogP contribution in [-0.4, -0.2) is 30.6 Å². The summed E-state index contributed by atoms with van der Waals surface area (Å²) in [6.45, 7) is 6.73. The van der Waals surface area contributed by atoms with Crippen LogP contribution in [0.4, 0.5) is 0 Å². The molecule has 2 nitrogen and oxygen atoms in total. The minimum Gasteiger partial charge on any atom is -0.373 e. The summed E-state index contributed by atoms with van der Waals surface area (Å²) in [5.41, 5.74) is 1.29. The molecule has 2 heteroatoms. The average Bonchev–Trinajstić information content (AvgIpc) is 2.48. The van der Waals surface area contributed by atoms with Crippen molar-refractivity contribution in [1.29, 1.82) is 0 Å². The highest BCUT2D eigenvalue weighted by atomic mass is 16.5. The Morgan fingerprint density at radius 2 is 1.84 bits per heavy atom. The Bertz CT molecular complexity index is 330. The van der Waals surface area contributed by atoms with Crippen molar-refractivity contribution in [3.63, 3.8) is 0 Å². The maximum Gasteiger partial charge on any atom is 0.0720 e. The number of benzene rings is 1. The first-order valence-corrected chi connectivity index (χ1v) is 7.76. The normalized spacial score (nSPS) is 17.7. The lowest BCUT2D eigenvalue weighted by Gasteiger charge is -2.31. The summed E-state index contributed by atoms with van der Waals surface area (Å²) < 4.78 is 6.02. The van der Waals surface area contributed by atoms with Crippen LogP contribution in [0, 0.1) is 0 Å². The molecule has 106 valence electrons. The molecule has 19 heavy (non-hydrogen) atoms. The largest absolute Gasteiger partial charge is 0.373 e. The molecule has 1 saturated heterocycles. The van der Waals surface area contributed by atoms with E-state index in [4.69, 9.17) is 4.74 Å².